The van der Waals surface area contributed by atoms with E-state index >= 15 is 0 Å². The summed E-state index contributed by atoms with van der Waals surface area (Å²) in [7, 11) is 0. The molecule has 0 N–H and O–H groups in total. The predicted octanol–water partition coefficient (Wildman–Crippen LogP) is 13.6. The van der Waals surface area contributed by atoms with Gasteiger partial charge in [-0.15, -0.1) is 0 Å². The molecule has 0 aliphatic heterocycles. The molecule has 0 bridgehead atoms. The number of fused-ring (bicyclic) bond motifs is 9. The number of rotatable bonds is 5. The van der Waals surface area contributed by atoms with Gasteiger partial charge in [-0.05, 0) is 94.7 Å². The smallest absolute Gasteiger partial charge is 0.227 e. The van der Waals surface area contributed by atoms with Crippen LogP contribution in [0.5, 0.6) is 0 Å². The van der Waals surface area contributed by atoms with Crippen molar-refractivity contribution < 1.29 is 13.3 Å². The van der Waals surface area contributed by atoms with E-state index in [9.17, 15) is 0 Å². The molecular weight excluding hydrogens is 641 g/mol. The van der Waals surface area contributed by atoms with Crippen molar-refractivity contribution in [1.29, 1.82) is 0 Å². The molecule has 0 unspecified atom stereocenters. The summed E-state index contributed by atoms with van der Waals surface area (Å²) >= 11 is 0. The van der Waals surface area contributed by atoms with Crippen molar-refractivity contribution in [3.63, 3.8) is 0 Å². The number of benzene rings is 8. The van der Waals surface area contributed by atoms with Crippen LogP contribution in [0.4, 0.5) is 17.1 Å². The highest BCUT2D eigenvalue weighted by molar-refractivity contribution is 6.18. The Morgan fingerprint density at radius 1 is 0.404 bits per heavy atom. The average molecular weight is 669 g/mol. The number of oxazole rings is 1. The van der Waals surface area contributed by atoms with Gasteiger partial charge in [0.2, 0.25) is 5.89 Å². The van der Waals surface area contributed by atoms with Crippen LogP contribution < -0.4 is 4.90 Å². The molecule has 0 saturated heterocycles. The van der Waals surface area contributed by atoms with E-state index in [1.165, 1.54) is 16.3 Å². The van der Waals surface area contributed by atoms with Gasteiger partial charge in [0.15, 0.2) is 5.58 Å². The lowest BCUT2D eigenvalue weighted by Crippen LogP contribution is -2.10. The lowest BCUT2D eigenvalue weighted by molar-refractivity contribution is 0.619. The lowest BCUT2D eigenvalue weighted by Gasteiger charge is -2.26. The first kappa shape index (κ1) is 28.7. The Morgan fingerprint density at radius 2 is 1.06 bits per heavy atom. The summed E-state index contributed by atoms with van der Waals surface area (Å²) < 4.78 is 19.1. The Bertz CT molecular complexity index is 3130. The molecule has 0 aliphatic carbocycles. The van der Waals surface area contributed by atoms with E-state index in [1.54, 1.807) is 0 Å². The molecule has 52 heavy (non-hydrogen) atoms. The molecule has 0 saturated carbocycles. The maximum absolute atomic E-state index is 6.42. The number of hydrogen-bond donors (Lipinski definition) is 0. The fraction of sp³-hybridized carbons (Fsp3) is 0. The second-order valence-corrected chi connectivity index (χ2v) is 13.1. The quantitative estimate of drug-likeness (QED) is 0.183. The molecule has 0 fully saturated rings. The van der Waals surface area contributed by atoms with Gasteiger partial charge in [0, 0.05) is 27.7 Å². The first-order valence-electron chi connectivity index (χ1n) is 17.4. The van der Waals surface area contributed by atoms with Crippen LogP contribution in [0.1, 0.15) is 0 Å². The highest BCUT2D eigenvalue weighted by Crippen LogP contribution is 2.45. The molecule has 5 heteroatoms. The van der Waals surface area contributed by atoms with Crippen LogP contribution in [0.25, 0.3) is 88.3 Å². The molecule has 0 amide bonds. The average Bonchev–Trinajstić information content (AvgIpc) is 3.92. The molecule has 8 aromatic carbocycles. The van der Waals surface area contributed by atoms with Crippen LogP contribution >= 0.6 is 0 Å². The number of aromatic nitrogens is 1. The largest absolute Gasteiger partial charge is 0.456 e. The molecule has 3 aromatic heterocycles. The van der Waals surface area contributed by atoms with Crippen LogP contribution in [0.3, 0.4) is 0 Å². The third-order valence-corrected chi connectivity index (χ3v) is 10.1. The minimum absolute atomic E-state index is 0.583. The standard InChI is InChI=1S/C47H28N2O3/c1-2-11-31(12-3-1)47-48-46-43(52-47)27-26-42-45(46)37-28-33(24-25-40(37)51-42)49(38-17-9-19-41-44(38)36-15-6-7-18-39(36)50-41)32-22-20-30(21-23-32)35-16-8-13-29-10-4-5-14-34(29)35/h1-28H. The zero-order chi connectivity index (χ0) is 34.2. The summed E-state index contributed by atoms with van der Waals surface area (Å²) in [6.07, 6.45) is 0. The highest BCUT2D eigenvalue weighted by Gasteiger charge is 2.22. The van der Waals surface area contributed by atoms with E-state index in [0.29, 0.717) is 5.89 Å². The van der Waals surface area contributed by atoms with Gasteiger partial charge >= 0.3 is 0 Å². The first-order valence-corrected chi connectivity index (χ1v) is 17.4. The number of anilines is 3. The van der Waals surface area contributed by atoms with E-state index in [4.69, 9.17) is 18.2 Å². The summed E-state index contributed by atoms with van der Waals surface area (Å²) in [5, 5.41) is 6.47. The van der Waals surface area contributed by atoms with Crippen molar-refractivity contribution >= 4 is 82.8 Å². The van der Waals surface area contributed by atoms with Crippen molar-refractivity contribution in [3.05, 3.63) is 170 Å². The lowest BCUT2D eigenvalue weighted by atomic mass is 9.98. The third-order valence-electron chi connectivity index (χ3n) is 10.1. The number of furan rings is 2. The normalized spacial score (nSPS) is 11.8. The number of para-hydroxylation sites is 1. The maximum Gasteiger partial charge on any atom is 0.227 e. The van der Waals surface area contributed by atoms with Gasteiger partial charge in [-0.2, -0.15) is 0 Å². The Morgan fingerprint density at radius 3 is 1.94 bits per heavy atom. The van der Waals surface area contributed by atoms with Crippen molar-refractivity contribution in [2.75, 3.05) is 4.90 Å². The maximum atomic E-state index is 6.42. The van der Waals surface area contributed by atoms with Gasteiger partial charge in [-0.3, -0.25) is 0 Å². The van der Waals surface area contributed by atoms with Gasteiger partial charge in [0.1, 0.15) is 27.8 Å². The van der Waals surface area contributed by atoms with Crippen LogP contribution in [-0.4, -0.2) is 4.98 Å². The Kier molecular flexibility index (Phi) is 6.18. The zero-order valence-corrected chi connectivity index (χ0v) is 27.8. The fourth-order valence-electron chi connectivity index (χ4n) is 7.72. The molecule has 3 heterocycles. The predicted molar refractivity (Wildman–Crippen MR) is 212 cm³/mol. The third kappa shape index (κ3) is 4.39. The molecule has 0 aliphatic rings. The van der Waals surface area contributed by atoms with E-state index < -0.39 is 0 Å². The molecule has 0 atom stereocenters. The van der Waals surface area contributed by atoms with Crippen LogP contribution in [0.15, 0.2) is 183 Å². The molecule has 0 spiro atoms. The number of nitrogens with zero attached hydrogens (tertiary/aromatic N) is 2. The summed E-state index contributed by atoms with van der Waals surface area (Å²) in [4.78, 5) is 7.31. The minimum Gasteiger partial charge on any atom is -0.456 e. The second-order valence-electron chi connectivity index (χ2n) is 13.1. The monoisotopic (exact) mass is 668 g/mol. The summed E-state index contributed by atoms with van der Waals surface area (Å²) in [6.45, 7) is 0. The summed E-state index contributed by atoms with van der Waals surface area (Å²) in [6, 6.07) is 58.7. The van der Waals surface area contributed by atoms with E-state index in [2.05, 4.69) is 114 Å². The molecular formula is C47H28N2O3. The highest BCUT2D eigenvalue weighted by atomic mass is 16.4. The van der Waals surface area contributed by atoms with E-state index in [0.717, 1.165) is 83.2 Å². The van der Waals surface area contributed by atoms with E-state index in [-0.39, 0.29) is 0 Å². The first-order chi connectivity index (χ1) is 25.8. The van der Waals surface area contributed by atoms with Gasteiger partial charge in [-0.1, -0.05) is 97.1 Å². The Balaban J connectivity index is 1.14. The van der Waals surface area contributed by atoms with Gasteiger partial charge in [0.05, 0.1) is 16.5 Å². The molecule has 11 rings (SSSR count). The van der Waals surface area contributed by atoms with Crippen molar-refractivity contribution in [2.45, 2.75) is 0 Å². The SMILES string of the molecule is c1ccc(-c2nc3c(ccc4oc5ccc(N(c6ccc(-c7cccc8ccccc78)cc6)c6cccc7oc8ccccc8c67)cc5c43)o2)cc1. The Labute approximate surface area is 297 Å². The summed E-state index contributed by atoms with van der Waals surface area (Å²) in [5.74, 6) is 0.583. The molecule has 5 nitrogen and oxygen atoms in total. The van der Waals surface area contributed by atoms with Crippen LogP contribution in [0.2, 0.25) is 0 Å². The fourth-order valence-corrected chi connectivity index (χ4v) is 7.72. The van der Waals surface area contributed by atoms with Gasteiger partial charge < -0.3 is 18.2 Å². The zero-order valence-electron chi connectivity index (χ0n) is 27.8. The van der Waals surface area contributed by atoms with Gasteiger partial charge in [-0.25, -0.2) is 4.98 Å². The van der Waals surface area contributed by atoms with Crippen LogP contribution in [-0.2, 0) is 0 Å². The van der Waals surface area contributed by atoms with Crippen molar-refractivity contribution in [3.8, 4) is 22.6 Å². The van der Waals surface area contributed by atoms with Crippen LogP contribution in [0, 0.1) is 0 Å². The number of hydrogen-bond acceptors (Lipinski definition) is 5. The Hall–Kier alpha value is -7.11. The molecule has 11 aromatic rings. The van der Waals surface area contributed by atoms with E-state index in [1.807, 2.05) is 60.7 Å². The topological polar surface area (TPSA) is 55.6 Å². The minimum atomic E-state index is 0.583. The summed E-state index contributed by atoms with van der Waals surface area (Å²) in [5.41, 5.74) is 11.1. The van der Waals surface area contributed by atoms with Crippen molar-refractivity contribution in [1.82, 2.24) is 4.98 Å². The van der Waals surface area contributed by atoms with Gasteiger partial charge in [0.25, 0.3) is 0 Å². The van der Waals surface area contributed by atoms with Crippen molar-refractivity contribution in [2.24, 2.45) is 0 Å². The molecule has 0 radical (unpaired) electrons. The molecule has 244 valence electrons. The second kappa shape index (κ2) is 11.2.